The highest BCUT2D eigenvalue weighted by Crippen LogP contribution is 2.23. The summed E-state index contributed by atoms with van der Waals surface area (Å²) >= 11 is 0. The zero-order valence-corrected chi connectivity index (χ0v) is 10.2. The number of hydrogen-bond acceptors (Lipinski definition) is 2. The summed E-state index contributed by atoms with van der Waals surface area (Å²) in [6, 6.07) is 15.9. The molecule has 0 radical (unpaired) electrons. The second kappa shape index (κ2) is 4.27. The van der Waals surface area contributed by atoms with E-state index >= 15 is 0 Å². The summed E-state index contributed by atoms with van der Waals surface area (Å²) in [4.78, 5) is 4.55. The van der Waals surface area contributed by atoms with Crippen molar-refractivity contribution < 1.29 is 5.11 Å². The summed E-state index contributed by atoms with van der Waals surface area (Å²) in [5.41, 5.74) is 3.94. The van der Waals surface area contributed by atoms with E-state index < -0.39 is 0 Å². The van der Waals surface area contributed by atoms with Gasteiger partial charge in [-0.05, 0) is 25.1 Å². The molecule has 0 atom stereocenters. The van der Waals surface area contributed by atoms with Gasteiger partial charge in [0.05, 0.1) is 23.3 Å². The molecule has 0 amide bonds. The summed E-state index contributed by atoms with van der Waals surface area (Å²) in [6.45, 7) is 2.01. The Hall–Kier alpha value is -2.13. The Morgan fingerprint density at radius 2 is 1.78 bits per heavy atom. The first kappa shape index (κ1) is 11.0. The van der Waals surface area contributed by atoms with Gasteiger partial charge >= 0.3 is 0 Å². The van der Waals surface area contributed by atoms with Crippen LogP contribution in [0.5, 0.6) is 0 Å². The molecule has 3 rings (SSSR count). The van der Waals surface area contributed by atoms with Crippen LogP contribution in [-0.2, 0) is 6.61 Å². The lowest BCUT2D eigenvalue weighted by Crippen LogP contribution is -2.01. The molecular formula is C15H14N2O. The number of rotatable bonds is 2. The predicted molar refractivity (Wildman–Crippen MR) is 71.7 cm³/mol. The molecule has 2 aromatic carbocycles. The lowest BCUT2D eigenvalue weighted by molar-refractivity contribution is 0.281. The number of fused-ring (bicyclic) bond motifs is 1. The number of aliphatic hydroxyl groups excluding tert-OH is 1. The third kappa shape index (κ3) is 1.60. The van der Waals surface area contributed by atoms with Crippen molar-refractivity contribution in [2.24, 2.45) is 0 Å². The number of hydrogen-bond donors (Lipinski definition) is 1. The molecule has 0 aliphatic carbocycles. The van der Waals surface area contributed by atoms with E-state index in [4.69, 9.17) is 0 Å². The molecule has 90 valence electrons. The highest BCUT2D eigenvalue weighted by atomic mass is 16.3. The van der Waals surface area contributed by atoms with Crippen LogP contribution in [0.4, 0.5) is 0 Å². The summed E-state index contributed by atoms with van der Waals surface area (Å²) in [5, 5.41) is 9.45. The lowest BCUT2D eigenvalue weighted by Gasteiger charge is -2.11. The molecule has 0 fully saturated rings. The van der Waals surface area contributed by atoms with Gasteiger partial charge in [-0.3, -0.25) is 4.57 Å². The van der Waals surface area contributed by atoms with E-state index in [0.29, 0.717) is 0 Å². The van der Waals surface area contributed by atoms with Crippen molar-refractivity contribution in [1.29, 1.82) is 0 Å². The molecule has 3 nitrogen and oxygen atoms in total. The quantitative estimate of drug-likeness (QED) is 0.745. The molecule has 1 heterocycles. The number of aromatic nitrogens is 2. The zero-order valence-electron chi connectivity index (χ0n) is 10.2. The first-order valence-corrected chi connectivity index (χ1v) is 5.94. The summed E-state index contributed by atoms with van der Waals surface area (Å²) in [5.74, 6) is 0.928. The summed E-state index contributed by atoms with van der Waals surface area (Å²) in [7, 11) is 0. The third-order valence-electron chi connectivity index (χ3n) is 3.13. The summed E-state index contributed by atoms with van der Waals surface area (Å²) in [6.07, 6.45) is 0. The van der Waals surface area contributed by atoms with Gasteiger partial charge in [-0.2, -0.15) is 0 Å². The average Bonchev–Trinajstić information content (AvgIpc) is 2.74. The first-order chi connectivity index (χ1) is 8.81. The Morgan fingerprint density at radius 1 is 1.06 bits per heavy atom. The predicted octanol–water partition coefficient (Wildman–Crippen LogP) is 2.83. The molecule has 0 aliphatic rings. The molecule has 1 N–H and O–H groups in total. The van der Waals surface area contributed by atoms with E-state index in [9.17, 15) is 5.11 Å². The van der Waals surface area contributed by atoms with Crippen molar-refractivity contribution in [3.8, 4) is 5.69 Å². The van der Waals surface area contributed by atoms with Crippen LogP contribution in [-0.4, -0.2) is 14.7 Å². The number of aliphatic hydroxyl groups is 1. The largest absolute Gasteiger partial charge is 0.392 e. The molecular weight excluding hydrogens is 224 g/mol. The maximum absolute atomic E-state index is 9.45. The molecule has 0 unspecified atom stereocenters. The smallest absolute Gasteiger partial charge is 0.111 e. The Balaban J connectivity index is 2.34. The van der Waals surface area contributed by atoms with Gasteiger partial charge in [-0.1, -0.05) is 30.3 Å². The van der Waals surface area contributed by atoms with Crippen molar-refractivity contribution in [2.75, 3.05) is 0 Å². The molecule has 3 heteroatoms. The normalized spacial score (nSPS) is 11.0. The van der Waals surface area contributed by atoms with E-state index in [1.807, 2.05) is 55.5 Å². The van der Waals surface area contributed by atoms with Crippen LogP contribution in [0.2, 0.25) is 0 Å². The molecule has 0 saturated carbocycles. The Bertz CT molecular complexity index is 701. The SMILES string of the molecule is Cc1nc2ccccc2n1-c1ccccc1CO. The molecule has 0 spiro atoms. The maximum atomic E-state index is 9.45. The van der Waals surface area contributed by atoms with Crippen molar-refractivity contribution in [2.45, 2.75) is 13.5 Å². The van der Waals surface area contributed by atoms with Gasteiger partial charge in [0.15, 0.2) is 0 Å². The standard InChI is InChI=1S/C15H14N2O/c1-11-16-13-7-3-5-9-15(13)17(11)14-8-4-2-6-12(14)10-18/h2-9,18H,10H2,1H3. The molecule has 18 heavy (non-hydrogen) atoms. The van der Waals surface area contributed by atoms with Crippen LogP contribution in [0.1, 0.15) is 11.4 Å². The number of para-hydroxylation sites is 3. The minimum absolute atomic E-state index is 0.0299. The van der Waals surface area contributed by atoms with Crippen molar-refractivity contribution in [1.82, 2.24) is 9.55 Å². The molecule has 0 bridgehead atoms. The van der Waals surface area contributed by atoms with Crippen LogP contribution in [0, 0.1) is 6.92 Å². The van der Waals surface area contributed by atoms with Crippen LogP contribution < -0.4 is 0 Å². The van der Waals surface area contributed by atoms with Gasteiger partial charge in [0.25, 0.3) is 0 Å². The van der Waals surface area contributed by atoms with E-state index in [1.54, 1.807) is 0 Å². The topological polar surface area (TPSA) is 38.0 Å². The minimum atomic E-state index is 0.0299. The fourth-order valence-corrected chi connectivity index (χ4v) is 2.31. The van der Waals surface area contributed by atoms with Crippen LogP contribution in [0.25, 0.3) is 16.7 Å². The monoisotopic (exact) mass is 238 g/mol. The van der Waals surface area contributed by atoms with E-state index in [-0.39, 0.29) is 6.61 Å². The van der Waals surface area contributed by atoms with Gasteiger partial charge in [0.2, 0.25) is 0 Å². The maximum Gasteiger partial charge on any atom is 0.111 e. The van der Waals surface area contributed by atoms with Crippen LogP contribution in [0.3, 0.4) is 0 Å². The summed E-state index contributed by atoms with van der Waals surface area (Å²) < 4.78 is 2.08. The lowest BCUT2D eigenvalue weighted by atomic mass is 10.2. The molecule has 1 aromatic heterocycles. The molecule has 0 saturated heterocycles. The van der Waals surface area contributed by atoms with Crippen molar-refractivity contribution >= 4 is 11.0 Å². The Morgan fingerprint density at radius 3 is 2.61 bits per heavy atom. The van der Waals surface area contributed by atoms with Gasteiger partial charge in [-0.15, -0.1) is 0 Å². The number of aryl methyl sites for hydroxylation is 1. The Labute approximate surface area is 105 Å². The van der Waals surface area contributed by atoms with Gasteiger partial charge < -0.3 is 5.11 Å². The second-order valence-corrected chi connectivity index (χ2v) is 4.27. The average molecular weight is 238 g/mol. The van der Waals surface area contributed by atoms with Gasteiger partial charge in [0, 0.05) is 5.56 Å². The van der Waals surface area contributed by atoms with E-state index in [1.165, 1.54) is 0 Å². The molecule has 0 aliphatic heterocycles. The fourth-order valence-electron chi connectivity index (χ4n) is 2.31. The Kier molecular flexibility index (Phi) is 2.61. The number of imidazole rings is 1. The van der Waals surface area contributed by atoms with Gasteiger partial charge in [0.1, 0.15) is 5.82 Å². The van der Waals surface area contributed by atoms with E-state index in [2.05, 4.69) is 9.55 Å². The molecule has 3 aromatic rings. The fraction of sp³-hybridized carbons (Fsp3) is 0.133. The van der Waals surface area contributed by atoms with Crippen molar-refractivity contribution in [3.05, 3.63) is 59.9 Å². The van der Waals surface area contributed by atoms with Crippen molar-refractivity contribution in [3.63, 3.8) is 0 Å². The number of benzene rings is 2. The highest BCUT2D eigenvalue weighted by molar-refractivity contribution is 5.78. The minimum Gasteiger partial charge on any atom is -0.392 e. The first-order valence-electron chi connectivity index (χ1n) is 5.94. The second-order valence-electron chi connectivity index (χ2n) is 4.27. The number of nitrogens with zero attached hydrogens (tertiary/aromatic N) is 2. The van der Waals surface area contributed by atoms with E-state index in [0.717, 1.165) is 28.1 Å². The third-order valence-corrected chi connectivity index (χ3v) is 3.13. The highest BCUT2D eigenvalue weighted by Gasteiger charge is 2.10. The van der Waals surface area contributed by atoms with Crippen LogP contribution in [0.15, 0.2) is 48.5 Å². The zero-order chi connectivity index (χ0) is 12.5. The van der Waals surface area contributed by atoms with Crippen LogP contribution >= 0.6 is 0 Å². The van der Waals surface area contributed by atoms with Gasteiger partial charge in [-0.25, -0.2) is 4.98 Å².